The number of hydrogen-bond donors (Lipinski definition) is 4. The molecular formula is C21H22N10O8S3. The molecule has 3 atom stereocenters. The van der Waals surface area contributed by atoms with Crippen molar-refractivity contribution in [3.63, 3.8) is 0 Å². The molecule has 2 aromatic heterocycles. The number of nitrogens with zero attached hydrogens (tertiary/aromatic N) is 8. The first-order valence-corrected chi connectivity index (χ1v) is 14.5. The lowest BCUT2D eigenvalue weighted by molar-refractivity contribution is -0.157. The van der Waals surface area contributed by atoms with Gasteiger partial charge in [-0.3, -0.25) is 14.4 Å². The van der Waals surface area contributed by atoms with Crippen molar-refractivity contribution in [2.45, 2.75) is 23.1 Å². The summed E-state index contributed by atoms with van der Waals surface area (Å²) in [7, 11) is 1.19. The summed E-state index contributed by atoms with van der Waals surface area (Å²) < 4.78 is 1.15. The van der Waals surface area contributed by atoms with Crippen LogP contribution in [0.5, 0.6) is 0 Å². The number of nitrogens with one attached hydrogen (secondary N) is 1. The highest BCUT2D eigenvalue weighted by molar-refractivity contribution is 8.00. The molecule has 42 heavy (non-hydrogen) atoms. The molecule has 2 aliphatic heterocycles. The smallest absolute Gasteiger partial charge is 0.355 e. The monoisotopic (exact) mass is 638 g/mol. The number of carboxylic acid groups (broad SMARTS) is 2. The fourth-order valence-electron chi connectivity index (χ4n) is 3.84. The quantitative estimate of drug-likeness (QED) is 0.0482. The predicted molar refractivity (Wildman–Crippen MR) is 148 cm³/mol. The molecule has 2 saturated heterocycles. The summed E-state index contributed by atoms with van der Waals surface area (Å²) in [6, 6.07) is -0.947. The molecule has 0 aromatic carbocycles. The largest absolute Gasteiger partial charge is 0.481 e. The van der Waals surface area contributed by atoms with Crippen molar-refractivity contribution in [1.82, 2.24) is 35.4 Å². The molecule has 2 fully saturated rings. The van der Waals surface area contributed by atoms with Crippen molar-refractivity contribution in [2.24, 2.45) is 15.7 Å². The van der Waals surface area contributed by atoms with Gasteiger partial charge >= 0.3 is 11.9 Å². The number of nitrogens with two attached hydrogens (primary N) is 1. The van der Waals surface area contributed by atoms with Crippen LogP contribution in [0.1, 0.15) is 5.69 Å². The van der Waals surface area contributed by atoms with Crippen LogP contribution in [-0.4, -0.2) is 119 Å². The minimum atomic E-state index is -1.39. The number of fused-ring (bicyclic) bond motifs is 1. The number of aromatic nitrogens is 5. The fraction of sp³-hybridized carbons (Fsp3) is 0.429. The number of carbonyl (C=O) groups excluding carboxylic acids is 2. The lowest BCUT2D eigenvalue weighted by Crippen LogP contribution is -2.74. The van der Waals surface area contributed by atoms with Gasteiger partial charge in [0.05, 0.1) is 6.54 Å². The number of carboxylic acids is 2. The number of rotatable bonds is 13. The molecule has 222 valence electrons. The van der Waals surface area contributed by atoms with Gasteiger partial charge in [0, 0.05) is 23.4 Å². The summed E-state index contributed by atoms with van der Waals surface area (Å²) in [6.07, 6.45) is 5.16. The Hall–Kier alpha value is -4.42. The van der Waals surface area contributed by atoms with Crippen LogP contribution in [0, 0.1) is 17.8 Å². The van der Waals surface area contributed by atoms with Crippen LogP contribution in [0.3, 0.4) is 0 Å². The molecule has 2 aromatic rings. The maximum absolute atomic E-state index is 13.0. The molecule has 4 rings (SSSR count). The Morgan fingerprint density at radius 3 is 2.81 bits per heavy atom. The fourth-order valence-corrected chi connectivity index (χ4v) is 7.13. The molecule has 0 radical (unpaired) electrons. The Balaban J connectivity index is 1.42. The van der Waals surface area contributed by atoms with Crippen molar-refractivity contribution in [3.8, 4) is 12.3 Å². The number of oxime groups is 2. The van der Waals surface area contributed by atoms with Gasteiger partial charge in [-0.1, -0.05) is 28.0 Å². The van der Waals surface area contributed by atoms with Crippen LogP contribution in [-0.2, 0) is 35.4 Å². The average Bonchev–Trinajstić information content (AvgIpc) is 3.60. The topological polar surface area (TPSA) is 250 Å². The number of aliphatic carboxylic acids is 2. The summed E-state index contributed by atoms with van der Waals surface area (Å²) in [5, 5.41) is 41.6. The number of amides is 2. The Kier molecular flexibility index (Phi) is 9.48. The molecule has 2 unspecified atom stereocenters. The van der Waals surface area contributed by atoms with E-state index >= 15 is 0 Å². The molecule has 21 heteroatoms. The number of carbonyl (C=O) groups is 4. The van der Waals surface area contributed by atoms with Crippen LogP contribution in [0.25, 0.3) is 0 Å². The zero-order chi connectivity index (χ0) is 30.4. The van der Waals surface area contributed by atoms with Crippen LogP contribution >= 0.6 is 34.9 Å². The Morgan fingerprint density at radius 1 is 1.38 bits per heavy atom. The summed E-state index contributed by atoms with van der Waals surface area (Å²) >= 11 is 3.26. The van der Waals surface area contributed by atoms with E-state index in [1.807, 2.05) is 0 Å². The summed E-state index contributed by atoms with van der Waals surface area (Å²) in [4.78, 5) is 64.8. The zero-order valence-corrected chi connectivity index (χ0v) is 24.0. The maximum Gasteiger partial charge on any atom is 0.355 e. The Labute approximate surface area is 249 Å². The number of thioether (sulfide) groups is 2. The van der Waals surface area contributed by atoms with Crippen LogP contribution in [0.15, 0.2) is 20.8 Å². The van der Waals surface area contributed by atoms with Crippen LogP contribution in [0.2, 0.25) is 0 Å². The Morgan fingerprint density at radius 2 is 2.17 bits per heavy atom. The van der Waals surface area contributed by atoms with Gasteiger partial charge < -0.3 is 35.8 Å². The maximum atomic E-state index is 13.0. The number of terminal acetylenes is 1. The van der Waals surface area contributed by atoms with E-state index < -0.39 is 40.6 Å². The van der Waals surface area contributed by atoms with E-state index in [9.17, 15) is 29.4 Å². The summed E-state index contributed by atoms with van der Waals surface area (Å²) in [6.45, 7) is -0.664. The molecule has 4 heterocycles. The molecule has 0 spiro atoms. The van der Waals surface area contributed by atoms with Crippen LogP contribution < -0.4 is 11.1 Å². The van der Waals surface area contributed by atoms with E-state index in [0.717, 1.165) is 27.8 Å². The second-order valence-electron chi connectivity index (χ2n) is 8.63. The number of β-lactam (4-membered cyclic amide) rings is 1. The first-order chi connectivity index (χ1) is 20.1. The SMILES string of the molecule is C#CCON=C(C(=O)NC1C(=O)N2CC(CSc3nnnn3CC(=NOC)C(=O)O)(C(=O)O)CS[C@H]12)c1csc(N)n1. The van der Waals surface area contributed by atoms with E-state index in [1.54, 1.807) is 0 Å². The standard InChI is InChI=1S/C21H22N10O8S3/c1-3-4-39-27-12(11-6-40-19(22)23-11)14(32)24-13-15(33)30-7-21(18(36)37,8-41-16(13)30)9-42-20-25-28-29-31(20)5-10(17(34)35)26-38-2/h1,6,13,16H,4-5,7-9H2,2H3,(H2,22,23)(H,24,32)(H,34,35)(H,36,37)/t13?,16-,21?/m1/s1. The molecular weight excluding hydrogens is 616 g/mol. The molecule has 18 nitrogen and oxygen atoms in total. The normalized spacial score (nSPS) is 22.0. The molecule has 2 amide bonds. The number of hydrogen-bond acceptors (Lipinski definition) is 16. The molecule has 5 N–H and O–H groups in total. The van der Waals surface area contributed by atoms with Crippen molar-refractivity contribution in [1.29, 1.82) is 0 Å². The van der Waals surface area contributed by atoms with E-state index in [1.165, 1.54) is 29.2 Å². The van der Waals surface area contributed by atoms with E-state index in [4.69, 9.17) is 17.0 Å². The van der Waals surface area contributed by atoms with Gasteiger partial charge in [-0.15, -0.1) is 34.6 Å². The third kappa shape index (κ3) is 6.39. The van der Waals surface area contributed by atoms with Crippen LogP contribution in [0.4, 0.5) is 5.13 Å². The zero-order valence-electron chi connectivity index (χ0n) is 21.6. The van der Waals surface area contributed by atoms with Gasteiger partial charge in [0.15, 0.2) is 23.2 Å². The number of thiazole rings is 1. The number of tetrazole rings is 1. The first-order valence-electron chi connectivity index (χ1n) is 11.6. The van der Waals surface area contributed by atoms with Gasteiger partial charge in [0.2, 0.25) is 11.1 Å². The minimum absolute atomic E-state index is 0.0401. The molecule has 0 saturated carbocycles. The highest BCUT2D eigenvalue weighted by atomic mass is 32.2. The van der Waals surface area contributed by atoms with E-state index in [0.29, 0.717) is 0 Å². The lowest BCUT2D eigenvalue weighted by atomic mass is 9.89. The molecule has 0 aliphatic carbocycles. The Bertz CT molecular complexity index is 1490. The van der Waals surface area contributed by atoms with Crippen molar-refractivity contribution in [3.05, 3.63) is 11.1 Å². The second kappa shape index (κ2) is 13.0. The second-order valence-corrected chi connectivity index (χ2v) is 11.6. The average molecular weight is 639 g/mol. The predicted octanol–water partition coefficient (Wildman–Crippen LogP) is -1.58. The minimum Gasteiger partial charge on any atom is -0.481 e. The third-order valence-corrected chi connectivity index (χ3v) is 9.40. The van der Waals surface area contributed by atoms with Gasteiger partial charge in [0.25, 0.3) is 5.91 Å². The number of anilines is 1. The van der Waals surface area contributed by atoms with Gasteiger partial charge in [-0.05, 0) is 10.4 Å². The highest BCUT2D eigenvalue weighted by Crippen LogP contribution is 2.44. The van der Waals surface area contributed by atoms with Gasteiger partial charge in [-0.2, -0.15) is 0 Å². The highest BCUT2D eigenvalue weighted by Gasteiger charge is 2.57. The molecule has 0 bridgehead atoms. The van der Waals surface area contributed by atoms with Crippen molar-refractivity contribution in [2.75, 3.05) is 37.5 Å². The van der Waals surface area contributed by atoms with E-state index in [2.05, 4.69) is 46.9 Å². The summed E-state index contributed by atoms with van der Waals surface area (Å²) in [5.41, 5.74) is 3.82. The summed E-state index contributed by atoms with van der Waals surface area (Å²) in [5.74, 6) is -1.44. The van der Waals surface area contributed by atoms with Gasteiger partial charge in [0.1, 0.15) is 29.6 Å². The number of nitrogen functional groups attached to an aromatic ring is 1. The van der Waals surface area contributed by atoms with E-state index in [-0.39, 0.29) is 58.6 Å². The third-order valence-electron chi connectivity index (χ3n) is 5.89. The van der Waals surface area contributed by atoms with Gasteiger partial charge in [-0.25, -0.2) is 14.5 Å². The molecule has 2 aliphatic rings. The first kappa shape index (κ1) is 30.5. The van der Waals surface area contributed by atoms with Crippen molar-refractivity contribution >= 4 is 75.2 Å². The van der Waals surface area contributed by atoms with Crippen molar-refractivity contribution < 1.29 is 39.1 Å². The lowest BCUT2D eigenvalue weighted by Gasteiger charge is -2.53.